The molecule has 106 valence electrons. The Kier molecular flexibility index (Phi) is 4.32. The summed E-state index contributed by atoms with van der Waals surface area (Å²) in [6, 6.07) is 19.1. The molecule has 0 aliphatic carbocycles. The van der Waals surface area contributed by atoms with Gasteiger partial charge in [-0.25, -0.2) is 0 Å². The fourth-order valence-electron chi connectivity index (χ4n) is 2.67. The summed E-state index contributed by atoms with van der Waals surface area (Å²) in [5.74, 6) is 0. The highest BCUT2D eigenvalue weighted by Crippen LogP contribution is 2.27. The Balaban J connectivity index is 2.01. The van der Waals surface area contributed by atoms with E-state index in [4.69, 9.17) is 0 Å². The molecule has 0 aliphatic heterocycles. The lowest BCUT2D eigenvalue weighted by Gasteiger charge is -2.19. The van der Waals surface area contributed by atoms with Crippen LogP contribution in [0.15, 0.2) is 65.3 Å². The first-order valence-corrected chi connectivity index (χ1v) is 7.83. The molecule has 0 fully saturated rings. The predicted molar refractivity (Wildman–Crippen MR) is 91.4 cm³/mol. The van der Waals surface area contributed by atoms with Crippen LogP contribution in [0.3, 0.4) is 0 Å². The van der Waals surface area contributed by atoms with Gasteiger partial charge in [-0.05, 0) is 42.8 Å². The Bertz CT molecular complexity index is 750. The average Bonchev–Trinajstić information content (AvgIpc) is 2.54. The number of hydrogen-bond acceptors (Lipinski definition) is 2. The minimum absolute atomic E-state index is 0.261. The van der Waals surface area contributed by atoms with Gasteiger partial charge in [-0.1, -0.05) is 52.3 Å². The van der Waals surface area contributed by atoms with Crippen LogP contribution in [0.25, 0.3) is 10.9 Å². The number of nitrogens with zero attached hydrogens (tertiary/aromatic N) is 1. The number of aromatic nitrogens is 1. The van der Waals surface area contributed by atoms with Crippen molar-refractivity contribution in [3.05, 3.63) is 76.4 Å². The van der Waals surface area contributed by atoms with Gasteiger partial charge in [0, 0.05) is 22.1 Å². The van der Waals surface area contributed by atoms with Crippen LogP contribution < -0.4 is 5.32 Å². The largest absolute Gasteiger partial charge is 0.313 e. The lowest BCUT2D eigenvalue weighted by Crippen LogP contribution is -2.19. The number of fused-ring (bicyclic) bond motifs is 1. The summed E-state index contributed by atoms with van der Waals surface area (Å²) in [5, 5.41) is 4.65. The van der Waals surface area contributed by atoms with Gasteiger partial charge < -0.3 is 5.32 Å². The van der Waals surface area contributed by atoms with Gasteiger partial charge in [0.05, 0.1) is 5.52 Å². The third-order valence-corrected chi connectivity index (χ3v) is 4.56. The number of para-hydroxylation sites is 1. The molecule has 0 bridgehead atoms. The molecule has 0 spiro atoms. The van der Waals surface area contributed by atoms with Gasteiger partial charge >= 0.3 is 0 Å². The highest BCUT2D eigenvalue weighted by atomic mass is 79.9. The van der Waals surface area contributed by atoms with Crippen LogP contribution >= 0.6 is 15.9 Å². The molecule has 0 saturated carbocycles. The molecule has 21 heavy (non-hydrogen) atoms. The molecule has 2 nitrogen and oxygen atoms in total. The van der Waals surface area contributed by atoms with Crippen molar-refractivity contribution in [3.63, 3.8) is 0 Å². The summed E-state index contributed by atoms with van der Waals surface area (Å²) in [6.45, 7) is 0. The number of hydrogen-bond donors (Lipinski definition) is 1. The second-order valence-corrected chi connectivity index (χ2v) is 5.91. The van der Waals surface area contributed by atoms with E-state index in [0.29, 0.717) is 0 Å². The second-order valence-electron chi connectivity index (χ2n) is 5.05. The van der Waals surface area contributed by atoms with Gasteiger partial charge in [0.1, 0.15) is 0 Å². The van der Waals surface area contributed by atoms with Crippen LogP contribution in [0, 0.1) is 0 Å². The van der Waals surface area contributed by atoms with Gasteiger partial charge in [-0.2, -0.15) is 0 Å². The maximum atomic E-state index is 4.45. The van der Waals surface area contributed by atoms with Gasteiger partial charge in [-0.15, -0.1) is 0 Å². The Labute approximate surface area is 133 Å². The van der Waals surface area contributed by atoms with Crippen LogP contribution in [0.4, 0.5) is 0 Å². The fraction of sp³-hybridized carbons (Fsp3) is 0.167. The first kappa shape index (κ1) is 14.2. The number of pyridine rings is 1. The van der Waals surface area contributed by atoms with Crippen molar-refractivity contribution in [1.82, 2.24) is 10.3 Å². The summed E-state index contributed by atoms with van der Waals surface area (Å²) in [4.78, 5) is 4.45. The standard InChI is InChI=1S/C18H17BrN2/c1-20-18(12-13-6-2-4-8-16(13)19)15-10-11-21-17-9-5-3-7-14(15)17/h2-11,18,20H,12H2,1H3. The van der Waals surface area contributed by atoms with Crippen molar-refractivity contribution in [2.45, 2.75) is 12.5 Å². The van der Waals surface area contributed by atoms with E-state index in [0.717, 1.165) is 16.4 Å². The maximum absolute atomic E-state index is 4.45. The molecule has 1 N–H and O–H groups in total. The summed E-state index contributed by atoms with van der Waals surface area (Å²) < 4.78 is 1.16. The smallest absolute Gasteiger partial charge is 0.0705 e. The number of nitrogens with one attached hydrogen (secondary N) is 1. The van der Waals surface area contributed by atoms with Gasteiger partial charge in [0.25, 0.3) is 0 Å². The van der Waals surface area contributed by atoms with Crippen molar-refractivity contribution in [1.29, 1.82) is 0 Å². The third-order valence-electron chi connectivity index (χ3n) is 3.79. The highest BCUT2D eigenvalue weighted by Gasteiger charge is 2.14. The molecule has 0 saturated heterocycles. The van der Waals surface area contributed by atoms with E-state index in [1.54, 1.807) is 0 Å². The number of likely N-dealkylation sites (N-methyl/N-ethyl adjacent to an activating group) is 1. The lowest BCUT2D eigenvalue weighted by atomic mass is 9.96. The molecule has 3 rings (SSSR count). The Morgan fingerprint density at radius 3 is 2.62 bits per heavy atom. The first-order valence-electron chi connectivity index (χ1n) is 7.04. The number of halogens is 1. The van der Waals surface area contributed by atoms with Crippen molar-refractivity contribution in [2.75, 3.05) is 7.05 Å². The predicted octanol–water partition coefficient (Wildman–Crippen LogP) is 4.50. The number of rotatable bonds is 4. The average molecular weight is 341 g/mol. The van der Waals surface area contributed by atoms with E-state index >= 15 is 0 Å². The van der Waals surface area contributed by atoms with Crippen LogP contribution in [0.1, 0.15) is 17.2 Å². The van der Waals surface area contributed by atoms with Gasteiger partial charge in [0.2, 0.25) is 0 Å². The van der Waals surface area contributed by atoms with Crippen LogP contribution in [-0.2, 0) is 6.42 Å². The zero-order chi connectivity index (χ0) is 14.7. The zero-order valence-corrected chi connectivity index (χ0v) is 13.5. The molecule has 2 aromatic carbocycles. The summed E-state index contributed by atoms with van der Waals surface area (Å²) in [6.07, 6.45) is 2.83. The van der Waals surface area contributed by atoms with Gasteiger partial charge in [0.15, 0.2) is 0 Å². The first-order chi connectivity index (χ1) is 10.3. The minimum Gasteiger partial charge on any atom is -0.313 e. The molecule has 0 amide bonds. The van der Waals surface area contributed by atoms with Crippen molar-refractivity contribution in [2.24, 2.45) is 0 Å². The Morgan fingerprint density at radius 1 is 1.05 bits per heavy atom. The summed E-state index contributed by atoms with van der Waals surface area (Å²) >= 11 is 3.64. The molecule has 1 atom stereocenters. The van der Waals surface area contributed by atoms with E-state index in [1.807, 2.05) is 25.4 Å². The quantitative estimate of drug-likeness (QED) is 0.756. The molecule has 1 aromatic heterocycles. The van der Waals surface area contributed by atoms with Crippen molar-refractivity contribution in [3.8, 4) is 0 Å². The van der Waals surface area contributed by atoms with E-state index in [2.05, 4.69) is 68.7 Å². The van der Waals surface area contributed by atoms with E-state index in [-0.39, 0.29) is 6.04 Å². The van der Waals surface area contributed by atoms with Crippen molar-refractivity contribution < 1.29 is 0 Å². The van der Waals surface area contributed by atoms with Crippen LogP contribution in [-0.4, -0.2) is 12.0 Å². The number of benzene rings is 2. The minimum atomic E-state index is 0.261. The molecule has 0 radical (unpaired) electrons. The topological polar surface area (TPSA) is 24.9 Å². The van der Waals surface area contributed by atoms with E-state index in [9.17, 15) is 0 Å². The van der Waals surface area contributed by atoms with Crippen LogP contribution in [0.2, 0.25) is 0 Å². The lowest BCUT2D eigenvalue weighted by molar-refractivity contribution is 0.595. The second kappa shape index (κ2) is 6.37. The molecular weight excluding hydrogens is 324 g/mol. The van der Waals surface area contributed by atoms with Crippen LogP contribution in [0.5, 0.6) is 0 Å². The normalized spacial score (nSPS) is 12.5. The van der Waals surface area contributed by atoms with Crippen molar-refractivity contribution >= 4 is 26.8 Å². The van der Waals surface area contributed by atoms with E-state index < -0.39 is 0 Å². The fourth-order valence-corrected chi connectivity index (χ4v) is 3.12. The molecule has 1 unspecified atom stereocenters. The van der Waals surface area contributed by atoms with Gasteiger partial charge in [-0.3, -0.25) is 4.98 Å². The SMILES string of the molecule is CNC(Cc1ccccc1Br)c1ccnc2ccccc12. The molecular formula is C18H17BrN2. The molecule has 1 heterocycles. The summed E-state index contributed by atoms with van der Waals surface area (Å²) in [5.41, 5.74) is 3.64. The Morgan fingerprint density at radius 2 is 1.81 bits per heavy atom. The monoisotopic (exact) mass is 340 g/mol. The molecule has 3 heteroatoms. The zero-order valence-electron chi connectivity index (χ0n) is 11.9. The third kappa shape index (κ3) is 2.99. The maximum Gasteiger partial charge on any atom is 0.0705 e. The molecule has 3 aromatic rings. The van der Waals surface area contributed by atoms with E-state index in [1.165, 1.54) is 16.5 Å². The Hall–Kier alpha value is -1.71. The summed E-state index contributed by atoms with van der Waals surface area (Å²) in [7, 11) is 2.01. The molecule has 0 aliphatic rings. The highest BCUT2D eigenvalue weighted by molar-refractivity contribution is 9.10.